The number of amides is 1. The summed E-state index contributed by atoms with van der Waals surface area (Å²) in [7, 11) is 0. The van der Waals surface area contributed by atoms with Gasteiger partial charge in [-0.05, 0) is 39.5 Å². The summed E-state index contributed by atoms with van der Waals surface area (Å²) in [6, 6.07) is 0.512. The fraction of sp³-hybridized carbons (Fsp3) is 0.933. The second-order valence-corrected chi connectivity index (χ2v) is 6.94. The van der Waals surface area contributed by atoms with E-state index in [1.54, 1.807) is 0 Å². The van der Waals surface area contributed by atoms with Crippen molar-refractivity contribution in [2.24, 2.45) is 11.8 Å². The van der Waals surface area contributed by atoms with Crippen LogP contribution in [-0.2, 0) is 4.74 Å². The lowest BCUT2D eigenvalue weighted by Crippen LogP contribution is -2.49. The molecule has 0 aliphatic rings. The molecule has 1 amide bonds. The number of carbonyl (C=O) groups excluding carboxylic acids is 1. The van der Waals surface area contributed by atoms with Gasteiger partial charge in [0.25, 0.3) is 0 Å². The highest BCUT2D eigenvalue weighted by Gasteiger charge is 2.21. The molecule has 0 spiro atoms. The zero-order valence-corrected chi connectivity index (χ0v) is 13.8. The van der Waals surface area contributed by atoms with E-state index in [1.807, 2.05) is 20.8 Å². The molecule has 0 heterocycles. The molecule has 0 saturated heterocycles. The summed E-state index contributed by atoms with van der Waals surface area (Å²) in [6.07, 6.45) is -0.342. The molecule has 0 aromatic heterocycles. The molecule has 0 aliphatic heterocycles. The lowest BCUT2D eigenvalue weighted by Gasteiger charge is -2.28. The molecule has 0 bridgehead atoms. The minimum Gasteiger partial charge on any atom is -0.444 e. The lowest BCUT2D eigenvalue weighted by molar-refractivity contribution is 0.0489. The van der Waals surface area contributed by atoms with E-state index in [2.05, 4.69) is 45.3 Å². The summed E-state index contributed by atoms with van der Waals surface area (Å²) in [5.41, 5.74) is -0.454. The summed E-state index contributed by atoms with van der Waals surface area (Å²) in [4.78, 5) is 11.8. The Bertz CT molecular complexity index is 270. The van der Waals surface area contributed by atoms with Crippen LogP contribution in [0.15, 0.2) is 0 Å². The number of carbonyl (C=O) groups is 1. The van der Waals surface area contributed by atoms with Crippen LogP contribution in [0.1, 0.15) is 55.4 Å². The smallest absolute Gasteiger partial charge is 0.407 e. The topological polar surface area (TPSA) is 50.4 Å². The van der Waals surface area contributed by atoms with Gasteiger partial charge in [0.15, 0.2) is 0 Å². The predicted octanol–water partition coefficient (Wildman–Crippen LogP) is 3.17. The molecule has 4 nitrogen and oxygen atoms in total. The summed E-state index contributed by atoms with van der Waals surface area (Å²) in [6.45, 7) is 17.1. The number of hydrogen-bond acceptors (Lipinski definition) is 3. The number of nitrogens with one attached hydrogen (secondary N) is 2. The van der Waals surface area contributed by atoms with Gasteiger partial charge in [-0.2, -0.15) is 0 Å². The first kappa shape index (κ1) is 18.2. The summed E-state index contributed by atoms with van der Waals surface area (Å²) in [5, 5.41) is 6.41. The lowest BCUT2D eigenvalue weighted by atomic mass is 10.0. The van der Waals surface area contributed by atoms with Crippen LogP contribution in [0.5, 0.6) is 0 Å². The Morgan fingerprint density at radius 3 is 1.95 bits per heavy atom. The molecule has 2 N–H and O–H groups in total. The fourth-order valence-electron chi connectivity index (χ4n) is 1.46. The van der Waals surface area contributed by atoms with Crippen LogP contribution in [0.2, 0.25) is 0 Å². The van der Waals surface area contributed by atoms with Crippen molar-refractivity contribution < 1.29 is 9.53 Å². The number of alkyl carbamates (subject to hydrolysis) is 1. The molecule has 0 fully saturated rings. The maximum atomic E-state index is 11.8. The highest BCUT2D eigenvalue weighted by atomic mass is 16.6. The van der Waals surface area contributed by atoms with Gasteiger partial charge >= 0.3 is 6.09 Å². The van der Waals surface area contributed by atoms with Crippen molar-refractivity contribution in [2.75, 3.05) is 6.54 Å². The molecule has 2 atom stereocenters. The van der Waals surface area contributed by atoms with Crippen molar-refractivity contribution in [3.8, 4) is 0 Å². The molecule has 0 radical (unpaired) electrons. The first-order valence-corrected chi connectivity index (χ1v) is 7.25. The van der Waals surface area contributed by atoms with Crippen LogP contribution in [-0.4, -0.2) is 30.3 Å². The Morgan fingerprint density at radius 2 is 1.58 bits per heavy atom. The quantitative estimate of drug-likeness (QED) is 0.781. The molecular weight excluding hydrogens is 240 g/mol. The van der Waals surface area contributed by atoms with Gasteiger partial charge < -0.3 is 15.4 Å². The monoisotopic (exact) mass is 272 g/mol. The van der Waals surface area contributed by atoms with Gasteiger partial charge in [0.05, 0.1) is 0 Å². The third kappa shape index (κ3) is 8.87. The minimum atomic E-state index is -0.454. The van der Waals surface area contributed by atoms with Gasteiger partial charge in [0.1, 0.15) is 5.60 Å². The maximum Gasteiger partial charge on any atom is 0.407 e. The van der Waals surface area contributed by atoms with E-state index in [9.17, 15) is 4.79 Å². The minimum absolute atomic E-state index is 0.0797. The Kier molecular flexibility index (Phi) is 7.42. The standard InChI is InChI=1S/C15H32N2O2/c1-10(2)12(5)16-9-13(11(3)4)17-14(18)19-15(6,7)8/h10-13,16H,9H2,1-8H3,(H,17,18)/t12-,13-/m0/s1. The molecular formula is C15H32N2O2. The zero-order chi connectivity index (χ0) is 15.2. The summed E-state index contributed by atoms with van der Waals surface area (Å²) >= 11 is 0. The summed E-state index contributed by atoms with van der Waals surface area (Å²) < 4.78 is 5.29. The van der Waals surface area contributed by atoms with Gasteiger partial charge in [0.2, 0.25) is 0 Å². The fourth-order valence-corrected chi connectivity index (χ4v) is 1.46. The summed E-state index contributed by atoms with van der Waals surface area (Å²) in [5.74, 6) is 0.939. The van der Waals surface area contributed by atoms with Crippen LogP contribution in [0.25, 0.3) is 0 Å². The number of hydrogen-bond donors (Lipinski definition) is 2. The molecule has 4 heteroatoms. The van der Waals surface area contributed by atoms with Crippen molar-refractivity contribution in [3.05, 3.63) is 0 Å². The normalized spacial score (nSPS) is 15.5. The largest absolute Gasteiger partial charge is 0.444 e. The molecule has 19 heavy (non-hydrogen) atoms. The van der Waals surface area contributed by atoms with Crippen molar-refractivity contribution in [1.29, 1.82) is 0 Å². The average molecular weight is 272 g/mol. The van der Waals surface area contributed by atoms with E-state index in [-0.39, 0.29) is 12.1 Å². The van der Waals surface area contributed by atoms with E-state index in [0.717, 1.165) is 6.54 Å². The van der Waals surface area contributed by atoms with E-state index in [1.165, 1.54) is 0 Å². The van der Waals surface area contributed by atoms with Crippen molar-refractivity contribution >= 4 is 6.09 Å². The van der Waals surface area contributed by atoms with E-state index in [4.69, 9.17) is 4.74 Å². The van der Waals surface area contributed by atoms with Gasteiger partial charge in [-0.15, -0.1) is 0 Å². The van der Waals surface area contributed by atoms with Crippen LogP contribution in [0.3, 0.4) is 0 Å². The van der Waals surface area contributed by atoms with Crippen molar-refractivity contribution in [1.82, 2.24) is 10.6 Å². The SMILES string of the molecule is CC(C)[C@H](C)NC[C@H](NC(=O)OC(C)(C)C)C(C)C. The second-order valence-electron chi connectivity index (χ2n) is 6.94. The Morgan fingerprint density at radius 1 is 1.05 bits per heavy atom. The second kappa shape index (κ2) is 7.73. The number of ether oxygens (including phenoxy) is 1. The average Bonchev–Trinajstić information content (AvgIpc) is 2.20. The first-order chi connectivity index (χ1) is 8.53. The molecule has 0 unspecified atom stereocenters. The molecule has 0 aromatic carbocycles. The van der Waals surface area contributed by atoms with E-state index in [0.29, 0.717) is 17.9 Å². The Balaban J connectivity index is 4.31. The van der Waals surface area contributed by atoms with Crippen LogP contribution in [0.4, 0.5) is 4.79 Å². The first-order valence-electron chi connectivity index (χ1n) is 7.25. The van der Waals surface area contributed by atoms with Crippen LogP contribution >= 0.6 is 0 Å². The van der Waals surface area contributed by atoms with Gasteiger partial charge in [0, 0.05) is 18.6 Å². The predicted molar refractivity (Wildman–Crippen MR) is 80.3 cm³/mol. The molecule has 0 aromatic rings. The van der Waals surface area contributed by atoms with Gasteiger partial charge in [-0.3, -0.25) is 0 Å². The van der Waals surface area contributed by atoms with Crippen LogP contribution in [0, 0.1) is 11.8 Å². The Hall–Kier alpha value is -0.770. The molecule has 0 aliphatic carbocycles. The third-order valence-corrected chi connectivity index (χ3v) is 3.17. The van der Waals surface area contributed by atoms with Crippen molar-refractivity contribution in [3.63, 3.8) is 0 Å². The highest BCUT2D eigenvalue weighted by molar-refractivity contribution is 5.68. The number of rotatable bonds is 6. The highest BCUT2D eigenvalue weighted by Crippen LogP contribution is 2.09. The third-order valence-electron chi connectivity index (χ3n) is 3.17. The molecule has 0 saturated carbocycles. The zero-order valence-electron chi connectivity index (χ0n) is 13.8. The van der Waals surface area contributed by atoms with E-state index >= 15 is 0 Å². The van der Waals surface area contributed by atoms with Gasteiger partial charge in [-0.1, -0.05) is 27.7 Å². The van der Waals surface area contributed by atoms with Gasteiger partial charge in [-0.25, -0.2) is 4.79 Å². The maximum absolute atomic E-state index is 11.8. The molecule has 0 rings (SSSR count). The van der Waals surface area contributed by atoms with Crippen molar-refractivity contribution in [2.45, 2.75) is 73.1 Å². The molecule has 114 valence electrons. The van der Waals surface area contributed by atoms with Crippen LogP contribution < -0.4 is 10.6 Å². The van der Waals surface area contributed by atoms with E-state index < -0.39 is 5.60 Å². The Labute approximate surface area is 118 Å².